The van der Waals surface area contributed by atoms with Crippen LogP contribution in [0.15, 0.2) is 24.3 Å². The van der Waals surface area contributed by atoms with E-state index < -0.39 is 5.97 Å². The number of nitrogen functional groups attached to an aromatic ring is 1. The Bertz CT molecular complexity index is 298. The van der Waals surface area contributed by atoms with Crippen molar-refractivity contribution in [3.05, 3.63) is 29.8 Å². The Kier molecular flexibility index (Phi) is 10.7. The molecule has 1 aromatic carbocycles. The number of carbonyl (C=O) groups is 2. The number of anilines is 1. The number of carboxylic acids is 1. The van der Waals surface area contributed by atoms with Crippen molar-refractivity contribution < 1.29 is 14.7 Å². The van der Waals surface area contributed by atoms with Crippen LogP contribution in [0.5, 0.6) is 0 Å². The molecule has 0 spiro atoms. The minimum atomic E-state index is -0.988. The zero-order chi connectivity index (χ0) is 12.3. The molecule has 0 aliphatic carbocycles. The number of benzene rings is 1. The molecule has 0 saturated carbocycles. The van der Waals surface area contributed by atoms with Gasteiger partial charge in [-0.05, 0) is 19.1 Å². The Morgan fingerprint density at radius 1 is 1.33 bits per heavy atom. The fraction of sp³-hybridized carbons (Fsp3) is 0.273. The molecule has 1 aromatic rings. The van der Waals surface area contributed by atoms with E-state index in [0.29, 0.717) is 5.69 Å². The predicted molar refractivity (Wildman–Crippen MR) is 60.9 cm³/mol. The summed E-state index contributed by atoms with van der Waals surface area (Å²) in [6.07, 6.45) is 0.750. The average Bonchev–Trinajstić information content (AvgIpc) is 2.22. The van der Waals surface area contributed by atoms with Gasteiger partial charge < -0.3 is 15.6 Å². The van der Waals surface area contributed by atoms with Gasteiger partial charge >= 0.3 is 5.97 Å². The lowest BCUT2D eigenvalue weighted by atomic mass is 10.2. The van der Waals surface area contributed by atoms with Crippen molar-refractivity contribution in [3.63, 3.8) is 0 Å². The van der Waals surface area contributed by atoms with E-state index in [-0.39, 0.29) is 5.56 Å². The van der Waals surface area contributed by atoms with Crippen LogP contribution in [0.4, 0.5) is 5.69 Å². The quantitative estimate of drug-likeness (QED) is 0.551. The lowest BCUT2D eigenvalue weighted by Crippen LogP contribution is -2.00. The van der Waals surface area contributed by atoms with E-state index in [2.05, 4.69) is 0 Å². The first-order chi connectivity index (χ1) is 7.13. The molecule has 0 aliphatic rings. The lowest BCUT2D eigenvalue weighted by molar-refractivity contribution is -0.106. The van der Waals surface area contributed by atoms with Crippen LogP contribution in [0.2, 0.25) is 0 Å². The van der Waals surface area contributed by atoms with Crippen molar-refractivity contribution in [1.29, 1.82) is 0 Å². The van der Waals surface area contributed by atoms with E-state index in [4.69, 9.17) is 15.6 Å². The van der Waals surface area contributed by atoms with E-state index in [9.17, 15) is 4.79 Å². The van der Waals surface area contributed by atoms with Crippen molar-refractivity contribution in [2.75, 3.05) is 5.73 Å². The second kappa shape index (κ2) is 10.2. The Hall–Kier alpha value is -1.84. The molecule has 84 valence electrons. The van der Waals surface area contributed by atoms with E-state index in [0.717, 1.165) is 6.29 Å². The molecular formula is C11H17NO3. The molecule has 4 nitrogen and oxygen atoms in total. The summed E-state index contributed by atoms with van der Waals surface area (Å²) in [6.45, 7) is 5.44. The molecule has 1 rings (SSSR count). The molecular weight excluding hydrogens is 194 g/mol. The zero-order valence-corrected chi connectivity index (χ0v) is 9.23. The number of aldehydes is 1. The first-order valence-corrected chi connectivity index (χ1v) is 4.61. The molecule has 0 radical (unpaired) electrons. The van der Waals surface area contributed by atoms with Gasteiger partial charge in [0.15, 0.2) is 0 Å². The highest BCUT2D eigenvalue weighted by Crippen LogP contribution is 2.08. The molecule has 0 unspecified atom stereocenters. The highest BCUT2D eigenvalue weighted by molar-refractivity contribution is 5.93. The summed E-state index contributed by atoms with van der Waals surface area (Å²) in [5.74, 6) is -0.988. The third kappa shape index (κ3) is 7.25. The Balaban J connectivity index is 0. The molecule has 0 aliphatic heterocycles. The number of hydrogen-bond acceptors (Lipinski definition) is 3. The first-order valence-electron chi connectivity index (χ1n) is 4.61. The zero-order valence-electron chi connectivity index (χ0n) is 9.23. The van der Waals surface area contributed by atoms with Gasteiger partial charge in [0.2, 0.25) is 0 Å². The summed E-state index contributed by atoms with van der Waals surface area (Å²) in [7, 11) is 0. The smallest absolute Gasteiger partial charge is 0.337 e. The van der Waals surface area contributed by atoms with Gasteiger partial charge in [-0.15, -0.1) is 0 Å². The average molecular weight is 211 g/mol. The Morgan fingerprint density at radius 2 is 1.73 bits per heavy atom. The Morgan fingerprint density at radius 3 is 2.00 bits per heavy atom. The number of carbonyl (C=O) groups excluding carboxylic acids is 1. The minimum absolute atomic E-state index is 0.155. The van der Waals surface area contributed by atoms with Crippen LogP contribution < -0.4 is 5.73 Å². The number of nitrogens with two attached hydrogens (primary N) is 1. The number of aromatic carboxylic acids is 1. The van der Waals surface area contributed by atoms with Gasteiger partial charge in [0.25, 0.3) is 0 Å². The highest BCUT2D eigenvalue weighted by Gasteiger charge is 2.03. The molecule has 0 atom stereocenters. The maximum atomic E-state index is 10.3. The molecule has 4 heteroatoms. The van der Waals surface area contributed by atoms with Crippen LogP contribution in [0, 0.1) is 0 Å². The van der Waals surface area contributed by atoms with Crippen molar-refractivity contribution >= 4 is 17.9 Å². The van der Waals surface area contributed by atoms with Crippen molar-refractivity contribution in [2.24, 2.45) is 0 Å². The first kappa shape index (κ1) is 15.6. The number of hydrogen-bond donors (Lipinski definition) is 2. The summed E-state index contributed by atoms with van der Waals surface area (Å²) in [5, 5.41) is 8.49. The second-order valence-electron chi connectivity index (χ2n) is 2.13. The van der Waals surface area contributed by atoms with Crippen LogP contribution in [0.25, 0.3) is 0 Å². The van der Waals surface area contributed by atoms with Crippen molar-refractivity contribution in [1.82, 2.24) is 0 Å². The fourth-order valence-corrected chi connectivity index (χ4v) is 0.692. The molecule has 0 amide bonds. The van der Waals surface area contributed by atoms with Gasteiger partial charge in [0, 0.05) is 5.69 Å². The predicted octanol–water partition coefficient (Wildman–Crippen LogP) is 2.20. The van der Waals surface area contributed by atoms with Crippen LogP contribution >= 0.6 is 0 Å². The van der Waals surface area contributed by atoms with E-state index in [1.54, 1.807) is 18.2 Å². The van der Waals surface area contributed by atoms with Gasteiger partial charge in [-0.2, -0.15) is 0 Å². The third-order valence-corrected chi connectivity index (χ3v) is 1.19. The van der Waals surface area contributed by atoms with Crippen molar-refractivity contribution in [3.8, 4) is 0 Å². The second-order valence-corrected chi connectivity index (χ2v) is 2.13. The van der Waals surface area contributed by atoms with E-state index >= 15 is 0 Å². The molecule has 3 N–H and O–H groups in total. The molecule has 0 saturated heterocycles. The summed E-state index contributed by atoms with van der Waals surface area (Å²) in [4.78, 5) is 19.1. The fourth-order valence-electron chi connectivity index (χ4n) is 0.692. The van der Waals surface area contributed by atoms with E-state index in [1.807, 2.05) is 13.8 Å². The highest BCUT2D eigenvalue weighted by atomic mass is 16.4. The normalized spacial score (nSPS) is 7.40. The third-order valence-electron chi connectivity index (χ3n) is 1.19. The van der Waals surface area contributed by atoms with Gasteiger partial charge in [-0.25, -0.2) is 4.79 Å². The Labute approximate surface area is 89.7 Å². The summed E-state index contributed by atoms with van der Waals surface area (Å²) < 4.78 is 0. The monoisotopic (exact) mass is 211 g/mol. The maximum absolute atomic E-state index is 10.3. The van der Waals surface area contributed by atoms with Gasteiger partial charge in [-0.3, -0.25) is 0 Å². The SMILES string of the molecule is CC.CC=O.Nc1ccccc1C(=O)O. The molecule has 0 heterocycles. The summed E-state index contributed by atoms with van der Waals surface area (Å²) in [5.41, 5.74) is 5.80. The number of rotatable bonds is 1. The molecule has 15 heavy (non-hydrogen) atoms. The van der Waals surface area contributed by atoms with Crippen molar-refractivity contribution in [2.45, 2.75) is 20.8 Å². The largest absolute Gasteiger partial charge is 0.478 e. The van der Waals surface area contributed by atoms with Crippen LogP contribution in [-0.2, 0) is 4.79 Å². The standard InChI is InChI=1S/C7H7NO2.C2H4O.C2H6/c8-6-4-2-1-3-5(6)7(9)10;1-2-3;1-2/h1-4H,8H2,(H,9,10);2H,1H3;1-2H3. The topological polar surface area (TPSA) is 80.4 Å². The van der Waals surface area contributed by atoms with E-state index in [1.165, 1.54) is 13.0 Å². The molecule has 0 fully saturated rings. The summed E-state index contributed by atoms with van der Waals surface area (Å²) in [6, 6.07) is 6.36. The van der Waals surface area contributed by atoms with Gasteiger partial charge in [-0.1, -0.05) is 26.0 Å². The molecule has 0 aromatic heterocycles. The molecule has 0 bridgehead atoms. The van der Waals surface area contributed by atoms with Gasteiger partial charge in [0.1, 0.15) is 6.29 Å². The maximum Gasteiger partial charge on any atom is 0.337 e. The lowest BCUT2D eigenvalue weighted by Gasteiger charge is -1.96. The number of para-hydroxylation sites is 1. The van der Waals surface area contributed by atoms with Crippen LogP contribution in [0.1, 0.15) is 31.1 Å². The number of carboxylic acid groups (broad SMARTS) is 1. The van der Waals surface area contributed by atoms with Gasteiger partial charge in [0.05, 0.1) is 5.56 Å². The minimum Gasteiger partial charge on any atom is -0.478 e. The van der Waals surface area contributed by atoms with Crippen LogP contribution in [0.3, 0.4) is 0 Å². The van der Waals surface area contributed by atoms with Crippen LogP contribution in [-0.4, -0.2) is 17.4 Å². The summed E-state index contributed by atoms with van der Waals surface area (Å²) >= 11 is 0.